The van der Waals surface area contributed by atoms with Crippen LogP contribution in [0.1, 0.15) is 36.4 Å². The molecular weight excluding hydrogens is 378 g/mol. The van der Waals surface area contributed by atoms with E-state index >= 15 is 0 Å². The predicted molar refractivity (Wildman–Crippen MR) is 104 cm³/mol. The quantitative estimate of drug-likeness (QED) is 0.622. The summed E-state index contributed by atoms with van der Waals surface area (Å²) in [5.74, 6) is -0.361. The maximum atomic E-state index is 13.9. The van der Waals surface area contributed by atoms with Crippen molar-refractivity contribution >= 4 is 5.91 Å². The minimum atomic E-state index is -0.730. The van der Waals surface area contributed by atoms with Gasteiger partial charge in [-0.05, 0) is 32.0 Å². The Morgan fingerprint density at radius 1 is 1.24 bits per heavy atom. The number of hydrogen-bond acceptors (Lipinski definition) is 4. The van der Waals surface area contributed by atoms with Gasteiger partial charge in [0.05, 0.1) is 24.9 Å². The van der Waals surface area contributed by atoms with Crippen LogP contribution in [0.5, 0.6) is 5.75 Å². The monoisotopic (exact) mass is 400 g/mol. The molecule has 1 heterocycles. The third kappa shape index (κ3) is 4.99. The van der Waals surface area contributed by atoms with Crippen molar-refractivity contribution < 1.29 is 22.7 Å². The number of benzene rings is 2. The average molecular weight is 400 g/mol. The molecule has 1 atom stereocenters. The Hall–Kier alpha value is -3.22. The molecule has 1 N–H and O–H groups in total. The summed E-state index contributed by atoms with van der Waals surface area (Å²) in [6.07, 6.45) is 1.78. The van der Waals surface area contributed by atoms with Gasteiger partial charge < -0.3 is 14.5 Å². The van der Waals surface area contributed by atoms with Gasteiger partial charge in [0.15, 0.2) is 11.7 Å². The summed E-state index contributed by atoms with van der Waals surface area (Å²) in [4.78, 5) is 16.4. The Labute approximate surface area is 167 Å². The molecule has 0 saturated heterocycles. The summed E-state index contributed by atoms with van der Waals surface area (Å²) in [5, 5.41) is 2.93. The van der Waals surface area contributed by atoms with E-state index < -0.39 is 11.6 Å². The Kier molecular flexibility index (Phi) is 6.26. The standard InChI is InChI=1S/C22H22F2N2O3/c1-13-4-7-19(28-3)17(10-13)14(2)26-21(27)8-9-22-25-12-20(29-22)16-6-5-15(23)11-18(16)24/h4-7,10-12,14H,8-9H2,1-3H3,(H,26,27). The molecule has 152 valence electrons. The maximum Gasteiger partial charge on any atom is 0.220 e. The van der Waals surface area contributed by atoms with Crippen LogP contribution in [0.4, 0.5) is 8.78 Å². The van der Waals surface area contributed by atoms with Crippen LogP contribution >= 0.6 is 0 Å². The zero-order valence-electron chi connectivity index (χ0n) is 16.5. The van der Waals surface area contributed by atoms with Gasteiger partial charge in [0.2, 0.25) is 5.91 Å². The molecule has 0 saturated carbocycles. The Bertz CT molecular complexity index is 1020. The topological polar surface area (TPSA) is 64.4 Å². The molecule has 5 nitrogen and oxygen atoms in total. The molecule has 7 heteroatoms. The molecule has 2 aromatic carbocycles. The van der Waals surface area contributed by atoms with Gasteiger partial charge >= 0.3 is 0 Å². The van der Waals surface area contributed by atoms with Gasteiger partial charge in [-0.2, -0.15) is 0 Å². The third-order valence-electron chi connectivity index (χ3n) is 4.55. The summed E-state index contributed by atoms with van der Waals surface area (Å²) in [6, 6.07) is 8.78. The minimum Gasteiger partial charge on any atom is -0.496 e. The smallest absolute Gasteiger partial charge is 0.220 e. The van der Waals surface area contributed by atoms with E-state index in [-0.39, 0.29) is 36.1 Å². The number of carbonyl (C=O) groups is 1. The largest absolute Gasteiger partial charge is 0.496 e. The lowest BCUT2D eigenvalue weighted by molar-refractivity contribution is -0.121. The van der Waals surface area contributed by atoms with E-state index in [2.05, 4.69) is 10.3 Å². The van der Waals surface area contributed by atoms with Crippen molar-refractivity contribution in [2.45, 2.75) is 32.7 Å². The second-order valence-electron chi connectivity index (χ2n) is 6.78. The molecule has 0 aliphatic heterocycles. The van der Waals surface area contributed by atoms with Crippen molar-refractivity contribution in [1.82, 2.24) is 10.3 Å². The molecule has 0 fully saturated rings. The summed E-state index contributed by atoms with van der Waals surface area (Å²) in [7, 11) is 1.59. The first-order valence-electron chi connectivity index (χ1n) is 9.21. The fourth-order valence-electron chi connectivity index (χ4n) is 3.04. The molecule has 0 radical (unpaired) electrons. The summed E-state index contributed by atoms with van der Waals surface area (Å²) in [6.45, 7) is 3.86. The Morgan fingerprint density at radius 2 is 2.03 bits per heavy atom. The zero-order valence-corrected chi connectivity index (χ0v) is 16.5. The number of nitrogens with zero attached hydrogens (tertiary/aromatic N) is 1. The number of rotatable bonds is 7. The number of oxazole rings is 1. The van der Waals surface area contributed by atoms with Gasteiger partial charge in [-0.15, -0.1) is 0 Å². The van der Waals surface area contributed by atoms with Crippen LogP contribution in [0.3, 0.4) is 0 Å². The van der Waals surface area contributed by atoms with E-state index in [1.165, 1.54) is 12.3 Å². The lowest BCUT2D eigenvalue weighted by Crippen LogP contribution is -2.27. The number of amides is 1. The van der Waals surface area contributed by atoms with Gasteiger partial charge in [0.25, 0.3) is 0 Å². The molecule has 1 amide bonds. The average Bonchev–Trinajstić information content (AvgIpc) is 3.15. The van der Waals surface area contributed by atoms with Crippen LogP contribution < -0.4 is 10.1 Å². The van der Waals surface area contributed by atoms with Crippen LogP contribution in [-0.4, -0.2) is 18.0 Å². The molecule has 0 bridgehead atoms. The molecule has 3 rings (SSSR count). The molecule has 29 heavy (non-hydrogen) atoms. The molecule has 3 aromatic rings. The third-order valence-corrected chi connectivity index (χ3v) is 4.55. The zero-order chi connectivity index (χ0) is 21.0. The van der Waals surface area contributed by atoms with Gasteiger partial charge in [-0.25, -0.2) is 13.8 Å². The molecule has 0 aliphatic carbocycles. The van der Waals surface area contributed by atoms with Crippen molar-refractivity contribution in [3.8, 4) is 17.1 Å². The normalized spacial score (nSPS) is 11.9. The number of aryl methyl sites for hydroxylation is 2. The van der Waals surface area contributed by atoms with Crippen LogP contribution in [-0.2, 0) is 11.2 Å². The first kappa shape index (κ1) is 20.5. The first-order valence-corrected chi connectivity index (χ1v) is 9.21. The van der Waals surface area contributed by atoms with Gasteiger partial charge in [0.1, 0.15) is 17.4 Å². The van der Waals surface area contributed by atoms with Gasteiger partial charge in [0, 0.05) is 24.5 Å². The van der Waals surface area contributed by atoms with Crippen molar-refractivity contribution in [3.05, 3.63) is 71.2 Å². The number of halogens is 2. The fraction of sp³-hybridized carbons (Fsp3) is 0.273. The highest BCUT2D eigenvalue weighted by molar-refractivity contribution is 5.76. The van der Waals surface area contributed by atoms with E-state index in [4.69, 9.17) is 9.15 Å². The second-order valence-corrected chi connectivity index (χ2v) is 6.78. The lowest BCUT2D eigenvalue weighted by atomic mass is 10.0. The van der Waals surface area contributed by atoms with E-state index in [9.17, 15) is 13.6 Å². The minimum absolute atomic E-state index is 0.120. The number of aromatic nitrogens is 1. The fourth-order valence-corrected chi connectivity index (χ4v) is 3.04. The van der Waals surface area contributed by atoms with Gasteiger partial charge in [-0.1, -0.05) is 17.7 Å². The van der Waals surface area contributed by atoms with E-state index in [1.54, 1.807) is 7.11 Å². The van der Waals surface area contributed by atoms with E-state index in [0.29, 0.717) is 11.6 Å². The van der Waals surface area contributed by atoms with Crippen molar-refractivity contribution in [2.24, 2.45) is 0 Å². The highest BCUT2D eigenvalue weighted by atomic mass is 19.1. The predicted octanol–water partition coefficient (Wildman–Crippen LogP) is 4.75. The SMILES string of the molecule is COc1ccc(C)cc1C(C)NC(=O)CCc1ncc(-c2ccc(F)cc2F)o1. The number of ether oxygens (including phenoxy) is 1. The van der Waals surface area contributed by atoms with Gasteiger partial charge in [-0.3, -0.25) is 4.79 Å². The first-order chi connectivity index (χ1) is 13.9. The summed E-state index contributed by atoms with van der Waals surface area (Å²) in [5.41, 5.74) is 2.09. The van der Waals surface area contributed by atoms with Crippen LogP contribution in [0.2, 0.25) is 0 Å². The van der Waals surface area contributed by atoms with Crippen molar-refractivity contribution in [1.29, 1.82) is 0 Å². The molecule has 0 spiro atoms. The Morgan fingerprint density at radius 3 is 2.76 bits per heavy atom. The maximum absolute atomic E-state index is 13.9. The second kappa shape index (κ2) is 8.86. The number of hydrogen-bond donors (Lipinski definition) is 1. The summed E-state index contributed by atoms with van der Waals surface area (Å²) >= 11 is 0. The van der Waals surface area contributed by atoms with Crippen molar-refractivity contribution in [2.75, 3.05) is 7.11 Å². The van der Waals surface area contributed by atoms with Crippen LogP contribution in [0, 0.1) is 18.6 Å². The number of nitrogens with one attached hydrogen (secondary N) is 1. The number of carbonyl (C=O) groups excluding carboxylic acids is 1. The molecule has 0 aliphatic rings. The summed E-state index contributed by atoms with van der Waals surface area (Å²) < 4.78 is 37.8. The molecule has 1 aromatic heterocycles. The van der Waals surface area contributed by atoms with Crippen LogP contribution in [0.25, 0.3) is 11.3 Å². The van der Waals surface area contributed by atoms with Crippen molar-refractivity contribution in [3.63, 3.8) is 0 Å². The van der Waals surface area contributed by atoms with E-state index in [0.717, 1.165) is 23.3 Å². The molecular formula is C22H22F2N2O3. The highest BCUT2D eigenvalue weighted by Crippen LogP contribution is 2.27. The van der Waals surface area contributed by atoms with Crippen LogP contribution in [0.15, 0.2) is 47.0 Å². The highest BCUT2D eigenvalue weighted by Gasteiger charge is 2.16. The lowest BCUT2D eigenvalue weighted by Gasteiger charge is -2.18. The number of methoxy groups -OCH3 is 1. The Balaban J connectivity index is 1.60. The molecule has 1 unspecified atom stereocenters. The van der Waals surface area contributed by atoms with E-state index in [1.807, 2.05) is 32.0 Å².